The van der Waals surface area contributed by atoms with Gasteiger partial charge in [0.25, 0.3) is 5.91 Å². The van der Waals surface area contributed by atoms with E-state index in [1.165, 1.54) is 6.07 Å². The van der Waals surface area contributed by atoms with Crippen LogP contribution in [-0.4, -0.2) is 22.9 Å². The SMILES string of the molecule is CNc1cc(C(=O)NCc2ncc(C)o2)cc(Cl)n1. The summed E-state index contributed by atoms with van der Waals surface area (Å²) in [4.78, 5) is 20.0. The zero-order valence-corrected chi connectivity index (χ0v) is 11.3. The van der Waals surface area contributed by atoms with Gasteiger partial charge in [-0.3, -0.25) is 4.79 Å². The molecule has 7 heteroatoms. The maximum Gasteiger partial charge on any atom is 0.251 e. The Kier molecular flexibility index (Phi) is 4.01. The number of carbonyl (C=O) groups is 1. The summed E-state index contributed by atoms with van der Waals surface area (Å²) >= 11 is 5.83. The molecular weight excluding hydrogens is 268 g/mol. The third kappa shape index (κ3) is 3.45. The highest BCUT2D eigenvalue weighted by molar-refractivity contribution is 6.29. The van der Waals surface area contributed by atoms with Crippen molar-refractivity contribution in [2.45, 2.75) is 13.5 Å². The highest BCUT2D eigenvalue weighted by Gasteiger charge is 2.10. The molecule has 2 aromatic heterocycles. The van der Waals surface area contributed by atoms with E-state index < -0.39 is 0 Å². The molecule has 0 saturated heterocycles. The van der Waals surface area contributed by atoms with E-state index in [2.05, 4.69) is 20.6 Å². The Morgan fingerprint density at radius 2 is 2.26 bits per heavy atom. The number of oxazole rings is 1. The van der Waals surface area contributed by atoms with Gasteiger partial charge in [0.2, 0.25) is 5.89 Å². The molecule has 0 aromatic carbocycles. The van der Waals surface area contributed by atoms with Crippen molar-refractivity contribution in [3.63, 3.8) is 0 Å². The Hall–Kier alpha value is -2.08. The molecule has 19 heavy (non-hydrogen) atoms. The van der Waals surface area contributed by atoms with E-state index in [9.17, 15) is 4.79 Å². The summed E-state index contributed by atoms with van der Waals surface area (Å²) in [6, 6.07) is 3.11. The van der Waals surface area contributed by atoms with E-state index in [1.54, 1.807) is 26.2 Å². The predicted octanol–water partition coefficient (Wildman–Crippen LogP) is 2.00. The minimum absolute atomic E-state index is 0.224. The number of aryl methyl sites for hydroxylation is 1. The van der Waals surface area contributed by atoms with Gasteiger partial charge in [-0.1, -0.05) is 11.6 Å². The maximum absolute atomic E-state index is 12.0. The van der Waals surface area contributed by atoms with Crippen molar-refractivity contribution in [3.8, 4) is 0 Å². The van der Waals surface area contributed by atoms with Gasteiger partial charge in [-0.25, -0.2) is 9.97 Å². The maximum atomic E-state index is 12.0. The predicted molar refractivity (Wildman–Crippen MR) is 71.2 cm³/mol. The van der Waals surface area contributed by atoms with E-state index in [4.69, 9.17) is 16.0 Å². The molecule has 0 unspecified atom stereocenters. The number of pyridine rings is 1. The van der Waals surface area contributed by atoms with Crippen LogP contribution in [0.1, 0.15) is 22.0 Å². The first kappa shape index (κ1) is 13.4. The average molecular weight is 281 g/mol. The molecule has 100 valence electrons. The number of rotatable bonds is 4. The highest BCUT2D eigenvalue weighted by Crippen LogP contribution is 2.14. The van der Waals surface area contributed by atoms with E-state index in [-0.39, 0.29) is 17.6 Å². The molecule has 0 atom stereocenters. The van der Waals surface area contributed by atoms with Gasteiger partial charge in [0.15, 0.2) is 0 Å². The van der Waals surface area contributed by atoms with Crippen LogP contribution in [0, 0.1) is 6.92 Å². The van der Waals surface area contributed by atoms with E-state index in [1.807, 2.05) is 0 Å². The van der Waals surface area contributed by atoms with Gasteiger partial charge in [0, 0.05) is 12.6 Å². The molecule has 0 saturated carbocycles. The molecule has 0 spiro atoms. The van der Waals surface area contributed by atoms with Crippen LogP contribution in [0.15, 0.2) is 22.7 Å². The van der Waals surface area contributed by atoms with Crippen LogP contribution >= 0.6 is 11.6 Å². The molecule has 1 amide bonds. The van der Waals surface area contributed by atoms with Gasteiger partial charge in [0.1, 0.15) is 16.7 Å². The summed E-state index contributed by atoms with van der Waals surface area (Å²) in [5.74, 6) is 1.43. The Balaban J connectivity index is 2.05. The molecule has 2 rings (SSSR count). The molecule has 6 nitrogen and oxygen atoms in total. The first-order valence-corrected chi connectivity index (χ1v) is 6.01. The minimum atomic E-state index is -0.267. The van der Waals surface area contributed by atoms with Gasteiger partial charge < -0.3 is 15.1 Å². The first-order valence-electron chi connectivity index (χ1n) is 5.63. The quantitative estimate of drug-likeness (QED) is 0.838. The molecule has 0 aliphatic carbocycles. The van der Waals surface area contributed by atoms with Crippen molar-refractivity contribution in [3.05, 3.63) is 40.7 Å². The van der Waals surface area contributed by atoms with E-state index in [0.29, 0.717) is 23.0 Å². The van der Waals surface area contributed by atoms with Crippen LogP contribution in [-0.2, 0) is 6.54 Å². The summed E-state index contributed by atoms with van der Waals surface area (Å²) in [6.07, 6.45) is 1.60. The number of aromatic nitrogens is 2. The fraction of sp³-hybridized carbons (Fsp3) is 0.250. The third-order valence-corrected chi connectivity index (χ3v) is 2.58. The fourth-order valence-electron chi connectivity index (χ4n) is 1.50. The summed E-state index contributed by atoms with van der Waals surface area (Å²) in [7, 11) is 1.70. The number of hydrogen-bond donors (Lipinski definition) is 2. The van der Waals surface area contributed by atoms with Crippen molar-refractivity contribution in [2.24, 2.45) is 0 Å². The number of carbonyl (C=O) groups excluding carboxylic acids is 1. The zero-order chi connectivity index (χ0) is 13.8. The first-order chi connectivity index (χ1) is 9.08. The number of nitrogens with one attached hydrogen (secondary N) is 2. The zero-order valence-electron chi connectivity index (χ0n) is 10.5. The molecule has 2 N–H and O–H groups in total. The molecule has 2 aromatic rings. The third-order valence-electron chi connectivity index (χ3n) is 2.38. The van der Waals surface area contributed by atoms with Crippen molar-refractivity contribution >= 4 is 23.3 Å². The van der Waals surface area contributed by atoms with Crippen LogP contribution in [0.5, 0.6) is 0 Å². The summed E-state index contributed by atoms with van der Waals surface area (Å²) in [5, 5.41) is 5.79. The molecule has 0 aliphatic rings. The van der Waals surface area contributed by atoms with Crippen LogP contribution in [0.25, 0.3) is 0 Å². The Bertz CT molecular complexity index is 597. The van der Waals surface area contributed by atoms with Crippen molar-refractivity contribution in [2.75, 3.05) is 12.4 Å². The van der Waals surface area contributed by atoms with Crippen LogP contribution in [0.4, 0.5) is 5.82 Å². The molecule has 0 radical (unpaired) electrons. The van der Waals surface area contributed by atoms with Crippen LogP contribution < -0.4 is 10.6 Å². The monoisotopic (exact) mass is 280 g/mol. The second-order valence-corrected chi connectivity index (χ2v) is 4.25. The Labute approximate surface area is 115 Å². The van der Waals surface area contributed by atoms with Crippen molar-refractivity contribution < 1.29 is 9.21 Å². The lowest BCUT2D eigenvalue weighted by Gasteiger charge is -2.05. The highest BCUT2D eigenvalue weighted by atomic mass is 35.5. The fourth-order valence-corrected chi connectivity index (χ4v) is 1.71. The number of amides is 1. The number of halogens is 1. The normalized spacial score (nSPS) is 10.3. The lowest BCUT2D eigenvalue weighted by molar-refractivity contribution is 0.0947. The molecule has 0 fully saturated rings. The standard InChI is InChI=1S/C12H13ClN4O2/c1-7-5-15-11(19-7)6-16-12(18)8-3-9(13)17-10(4-8)14-2/h3-5H,6H2,1-2H3,(H,14,17)(H,16,18). The summed E-state index contributed by atoms with van der Waals surface area (Å²) < 4.78 is 5.26. The average Bonchev–Trinajstić information content (AvgIpc) is 2.81. The molecule has 0 bridgehead atoms. The van der Waals surface area contributed by atoms with E-state index in [0.717, 1.165) is 0 Å². The number of hydrogen-bond acceptors (Lipinski definition) is 5. The second kappa shape index (κ2) is 5.71. The summed E-state index contributed by atoms with van der Waals surface area (Å²) in [5.41, 5.74) is 0.424. The van der Waals surface area contributed by atoms with Gasteiger partial charge >= 0.3 is 0 Å². The van der Waals surface area contributed by atoms with Crippen LogP contribution in [0.3, 0.4) is 0 Å². The van der Waals surface area contributed by atoms with Crippen LogP contribution in [0.2, 0.25) is 5.15 Å². The van der Waals surface area contributed by atoms with E-state index >= 15 is 0 Å². The summed E-state index contributed by atoms with van der Waals surface area (Å²) in [6.45, 7) is 2.02. The minimum Gasteiger partial charge on any atom is -0.444 e. The smallest absolute Gasteiger partial charge is 0.251 e. The lowest BCUT2D eigenvalue weighted by Crippen LogP contribution is -2.23. The number of anilines is 1. The Morgan fingerprint density at radius 3 is 2.89 bits per heavy atom. The largest absolute Gasteiger partial charge is 0.444 e. The molecule has 0 aliphatic heterocycles. The second-order valence-electron chi connectivity index (χ2n) is 3.86. The van der Waals surface area contributed by atoms with Gasteiger partial charge in [0.05, 0.1) is 12.7 Å². The molecular formula is C12H13ClN4O2. The lowest BCUT2D eigenvalue weighted by atomic mass is 10.2. The van der Waals surface area contributed by atoms with Crippen molar-refractivity contribution in [1.82, 2.24) is 15.3 Å². The van der Waals surface area contributed by atoms with Crippen molar-refractivity contribution in [1.29, 1.82) is 0 Å². The Morgan fingerprint density at radius 1 is 1.47 bits per heavy atom. The van der Waals surface area contributed by atoms with Gasteiger partial charge in [-0.15, -0.1) is 0 Å². The van der Waals surface area contributed by atoms with Gasteiger partial charge in [-0.2, -0.15) is 0 Å². The number of nitrogens with zero attached hydrogens (tertiary/aromatic N) is 2. The topological polar surface area (TPSA) is 80.0 Å². The van der Waals surface area contributed by atoms with Gasteiger partial charge in [-0.05, 0) is 19.1 Å². The molecule has 2 heterocycles.